The molecule has 2 N–H and O–H groups in total. The van der Waals surface area contributed by atoms with E-state index in [-0.39, 0.29) is 17.2 Å². The Labute approximate surface area is 89.7 Å². The zero-order valence-corrected chi connectivity index (χ0v) is 7.98. The predicted molar refractivity (Wildman–Crippen MR) is 54.2 cm³/mol. The molecule has 0 saturated heterocycles. The first-order valence-electron chi connectivity index (χ1n) is 4.30. The maximum absolute atomic E-state index is 13.4. The minimum atomic E-state index is -0.786. The molecule has 0 atom stereocenters. The van der Waals surface area contributed by atoms with Crippen molar-refractivity contribution in [1.29, 1.82) is 0 Å². The smallest absolute Gasteiger partial charge is 0.247 e. The SMILES string of the molecule is [C-]#[N+]c1cnn(-c2ccc(F)cc2F)c1N. The lowest BCUT2D eigenvalue weighted by Gasteiger charge is -2.05. The molecule has 0 saturated carbocycles. The molecule has 1 aromatic heterocycles. The standard InChI is InChI=1S/C10H6F2N4/c1-14-8-5-15-16(10(8)13)9-3-2-6(11)4-7(9)12/h2-5H,13H2. The Morgan fingerprint density at radius 2 is 2.12 bits per heavy atom. The molecule has 0 bridgehead atoms. The van der Waals surface area contributed by atoms with E-state index in [2.05, 4.69) is 9.94 Å². The first kappa shape index (κ1) is 10.1. The van der Waals surface area contributed by atoms with Crippen LogP contribution >= 0.6 is 0 Å². The minimum absolute atomic E-state index is 0.00815. The van der Waals surface area contributed by atoms with Gasteiger partial charge in [-0.2, -0.15) is 5.10 Å². The highest BCUT2D eigenvalue weighted by Gasteiger charge is 2.12. The molecular weight excluding hydrogens is 214 g/mol. The number of anilines is 1. The van der Waals surface area contributed by atoms with Crippen molar-refractivity contribution >= 4 is 11.5 Å². The Balaban J connectivity index is 2.60. The highest BCUT2D eigenvalue weighted by molar-refractivity contribution is 5.64. The average molecular weight is 220 g/mol. The number of hydrogen-bond acceptors (Lipinski definition) is 2. The zero-order chi connectivity index (χ0) is 11.7. The Bertz CT molecular complexity index is 583. The fourth-order valence-corrected chi connectivity index (χ4v) is 1.28. The van der Waals surface area contributed by atoms with E-state index in [0.717, 1.165) is 16.8 Å². The largest absolute Gasteiger partial charge is 0.392 e. The molecule has 16 heavy (non-hydrogen) atoms. The monoisotopic (exact) mass is 220 g/mol. The summed E-state index contributed by atoms with van der Waals surface area (Å²) in [7, 11) is 0. The molecule has 0 aliphatic carbocycles. The van der Waals surface area contributed by atoms with E-state index in [4.69, 9.17) is 12.3 Å². The molecule has 6 heteroatoms. The first-order chi connectivity index (χ1) is 7.63. The third-order valence-corrected chi connectivity index (χ3v) is 2.04. The van der Waals surface area contributed by atoms with Crippen LogP contribution in [0, 0.1) is 18.2 Å². The second-order valence-corrected chi connectivity index (χ2v) is 3.03. The summed E-state index contributed by atoms with van der Waals surface area (Å²) in [6.07, 6.45) is 1.23. The van der Waals surface area contributed by atoms with Gasteiger partial charge in [0.25, 0.3) is 0 Å². The summed E-state index contributed by atoms with van der Waals surface area (Å²) < 4.78 is 27.1. The number of nitrogens with zero attached hydrogens (tertiary/aromatic N) is 3. The second kappa shape index (κ2) is 3.62. The maximum atomic E-state index is 13.4. The topological polar surface area (TPSA) is 48.2 Å². The fraction of sp³-hybridized carbons (Fsp3) is 0. The van der Waals surface area contributed by atoms with E-state index in [1.807, 2.05) is 0 Å². The molecule has 80 valence electrons. The van der Waals surface area contributed by atoms with E-state index in [1.165, 1.54) is 12.3 Å². The average Bonchev–Trinajstić information content (AvgIpc) is 2.60. The highest BCUT2D eigenvalue weighted by atomic mass is 19.1. The Kier molecular flexibility index (Phi) is 2.29. The predicted octanol–water partition coefficient (Wildman–Crippen LogP) is 2.28. The van der Waals surface area contributed by atoms with Crippen LogP contribution in [0.25, 0.3) is 10.5 Å². The first-order valence-corrected chi connectivity index (χ1v) is 4.30. The van der Waals surface area contributed by atoms with Crippen molar-refractivity contribution in [2.75, 3.05) is 5.73 Å². The van der Waals surface area contributed by atoms with Crippen molar-refractivity contribution < 1.29 is 8.78 Å². The van der Waals surface area contributed by atoms with Crippen LogP contribution in [0.4, 0.5) is 20.3 Å². The van der Waals surface area contributed by atoms with Crippen LogP contribution in [0.2, 0.25) is 0 Å². The van der Waals surface area contributed by atoms with Gasteiger partial charge in [-0.1, -0.05) is 0 Å². The molecular formula is C10H6F2N4. The van der Waals surface area contributed by atoms with Gasteiger partial charge in [0.1, 0.15) is 17.3 Å². The van der Waals surface area contributed by atoms with Crippen LogP contribution in [0.3, 0.4) is 0 Å². The third-order valence-electron chi connectivity index (χ3n) is 2.04. The third kappa shape index (κ3) is 1.48. The van der Waals surface area contributed by atoms with Crippen molar-refractivity contribution in [3.8, 4) is 5.69 Å². The van der Waals surface area contributed by atoms with E-state index in [9.17, 15) is 8.78 Å². The molecule has 1 aromatic carbocycles. The fourth-order valence-electron chi connectivity index (χ4n) is 1.28. The number of hydrogen-bond donors (Lipinski definition) is 1. The van der Waals surface area contributed by atoms with Gasteiger partial charge in [-0.25, -0.2) is 18.3 Å². The summed E-state index contributed by atoms with van der Waals surface area (Å²) in [6.45, 7) is 6.79. The number of aromatic nitrogens is 2. The van der Waals surface area contributed by atoms with Crippen LogP contribution in [0.15, 0.2) is 24.4 Å². The summed E-state index contributed by atoms with van der Waals surface area (Å²) in [5.41, 5.74) is 5.72. The second-order valence-electron chi connectivity index (χ2n) is 3.03. The molecule has 2 aromatic rings. The van der Waals surface area contributed by atoms with Crippen molar-refractivity contribution in [3.63, 3.8) is 0 Å². The summed E-state index contributed by atoms with van der Waals surface area (Å²) in [6, 6.07) is 3.03. The van der Waals surface area contributed by atoms with Gasteiger partial charge < -0.3 is 5.73 Å². The normalized spacial score (nSPS) is 10.1. The van der Waals surface area contributed by atoms with Crippen LogP contribution in [-0.4, -0.2) is 9.78 Å². The molecule has 0 amide bonds. The van der Waals surface area contributed by atoms with Gasteiger partial charge in [0, 0.05) is 6.07 Å². The van der Waals surface area contributed by atoms with Crippen molar-refractivity contribution in [3.05, 3.63) is 47.4 Å². The lowest BCUT2D eigenvalue weighted by Crippen LogP contribution is -2.04. The van der Waals surface area contributed by atoms with Crippen molar-refractivity contribution in [2.24, 2.45) is 0 Å². The minimum Gasteiger partial charge on any atom is -0.392 e. The molecule has 0 aliphatic heterocycles. The van der Waals surface area contributed by atoms with Gasteiger partial charge in [0.05, 0.1) is 12.8 Å². The van der Waals surface area contributed by atoms with Crippen molar-refractivity contribution in [2.45, 2.75) is 0 Å². The molecule has 2 rings (SSSR count). The van der Waals surface area contributed by atoms with Crippen LogP contribution in [-0.2, 0) is 0 Å². The Morgan fingerprint density at radius 1 is 1.38 bits per heavy atom. The number of nitrogens with two attached hydrogens (primary N) is 1. The summed E-state index contributed by atoms with van der Waals surface area (Å²) in [4.78, 5) is 3.11. The van der Waals surface area contributed by atoms with E-state index < -0.39 is 11.6 Å². The van der Waals surface area contributed by atoms with Crippen LogP contribution < -0.4 is 5.73 Å². The summed E-state index contributed by atoms with van der Waals surface area (Å²) >= 11 is 0. The molecule has 4 nitrogen and oxygen atoms in total. The van der Waals surface area contributed by atoms with Gasteiger partial charge in [-0.3, -0.25) is 0 Å². The van der Waals surface area contributed by atoms with E-state index >= 15 is 0 Å². The highest BCUT2D eigenvalue weighted by Crippen LogP contribution is 2.25. The Morgan fingerprint density at radius 3 is 2.69 bits per heavy atom. The molecule has 1 heterocycles. The maximum Gasteiger partial charge on any atom is 0.247 e. The van der Waals surface area contributed by atoms with Gasteiger partial charge in [-0.15, -0.1) is 0 Å². The lowest BCUT2D eigenvalue weighted by atomic mass is 10.3. The quantitative estimate of drug-likeness (QED) is 0.749. The number of halogens is 2. The molecule has 0 fully saturated rings. The number of rotatable bonds is 1. The summed E-state index contributed by atoms with van der Waals surface area (Å²) in [5.74, 6) is -1.44. The van der Waals surface area contributed by atoms with Crippen LogP contribution in [0.1, 0.15) is 0 Å². The van der Waals surface area contributed by atoms with Crippen molar-refractivity contribution in [1.82, 2.24) is 9.78 Å². The number of benzene rings is 1. The van der Waals surface area contributed by atoms with Crippen LogP contribution in [0.5, 0.6) is 0 Å². The molecule has 0 aliphatic rings. The number of nitrogen functional groups attached to an aromatic ring is 1. The molecule has 0 unspecified atom stereocenters. The lowest BCUT2D eigenvalue weighted by molar-refractivity contribution is 0.574. The zero-order valence-electron chi connectivity index (χ0n) is 7.98. The van der Waals surface area contributed by atoms with Gasteiger partial charge in [-0.05, 0) is 12.1 Å². The van der Waals surface area contributed by atoms with E-state index in [0.29, 0.717) is 0 Å². The Hall–Kier alpha value is -2.42. The summed E-state index contributed by atoms with van der Waals surface area (Å²) in [5, 5.41) is 3.76. The van der Waals surface area contributed by atoms with Gasteiger partial charge >= 0.3 is 0 Å². The molecule has 0 radical (unpaired) electrons. The van der Waals surface area contributed by atoms with Gasteiger partial charge in [0.15, 0.2) is 5.82 Å². The van der Waals surface area contributed by atoms with Gasteiger partial charge in [0.2, 0.25) is 5.69 Å². The molecule has 0 spiro atoms. The van der Waals surface area contributed by atoms with E-state index in [1.54, 1.807) is 0 Å².